The molecule has 0 spiro atoms. The van der Waals surface area contributed by atoms with Crippen molar-refractivity contribution in [3.05, 3.63) is 65.0 Å². The van der Waals surface area contributed by atoms with E-state index in [0.29, 0.717) is 23.8 Å². The number of halogens is 3. The van der Waals surface area contributed by atoms with Crippen LogP contribution in [0, 0.1) is 17.5 Å². The number of carbonyl (C=O) groups is 1. The average Bonchev–Trinajstić information content (AvgIpc) is 2.73. The first-order chi connectivity index (χ1) is 14.0. The van der Waals surface area contributed by atoms with E-state index in [2.05, 4.69) is 6.92 Å². The lowest BCUT2D eigenvalue weighted by molar-refractivity contribution is 0.0733. The summed E-state index contributed by atoms with van der Waals surface area (Å²) in [5.74, 6) is -4.51. The van der Waals surface area contributed by atoms with Gasteiger partial charge in [0, 0.05) is 8.80 Å². The van der Waals surface area contributed by atoms with Crippen LogP contribution >= 0.6 is 0 Å². The molecule has 0 atom stereocenters. The quantitative estimate of drug-likeness (QED) is 0.165. The van der Waals surface area contributed by atoms with E-state index in [1.807, 2.05) is 12.1 Å². The van der Waals surface area contributed by atoms with Gasteiger partial charge >= 0.3 is 5.97 Å². The van der Waals surface area contributed by atoms with E-state index in [0.717, 1.165) is 0 Å². The third-order valence-corrected chi connectivity index (χ3v) is 9.37. The second kappa shape index (κ2) is 10.1. The Morgan fingerprint density at radius 2 is 1.66 bits per heavy atom. The highest BCUT2D eigenvalue weighted by Gasteiger charge is 2.23. The summed E-state index contributed by atoms with van der Waals surface area (Å²) in [6, 6.07) is 12.9. The van der Waals surface area contributed by atoms with Crippen LogP contribution in [0.5, 0.6) is 5.75 Å². The molecule has 3 rings (SSSR count). The lowest BCUT2D eigenvalue weighted by Crippen LogP contribution is -2.20. The molecule has 29 heavy (non-hydrogen) atoms. The minimum Gasteiger partial charge on any atom is -0.423 e. The molecule has 0 saturated carbocycles. The summed E-state index contributed by atoms with van der Waals surface area (Å²) in [5, 5.41) is 0. The molecule has 0 unspecified atom stereocenters. The molecule has 1 fully saturated rings. The fraction of sp³-hybridized carbons (Fsp3) is 0.435. The Bertz CT molecular complexity index is 808. The van der Waals surface area contributed by atoms with Crippen LogP contribution in [0.15, 0.2) is 36.4 Å². The predicted molar refractivity (Wildman–Crippen MR) is 111 cm³/mol. The summed E-state index contributed by atoms with van der Waals surface area (Å²) >= 11 is 0. The lowest BCUT2D eigenvalue weighted by Gasteiger charge is -2.28. The Morgan fingerprint density at radius 3 is 2.24 bits per heavy atom. The summed E-state index contributed by atoms with van der Waals surface area (Å²) in [6.07, 6.45) is 6.49. The second-order valence-electron chi connectivity index (χ2n) is 7.93. The first kappa shape index (κ1) is 21.6. The second-order valence-corrected chi connectivity index (χ2v) is 11.4. The van der Waals surface area contributed by atoms with Crippen molar-refractivity contribution in [2.24, 2.45) is 0 Å². The molecule has 6 heteroatoms. The summed E-state index contributed by atoms with van der Waals surface area (Å²) in [6.45, 7) is 2.25. The number of carbonyl (C=O) groups excluding carboxylic acids is 1. The molecule has 0 bridgehead atoms. The van der Waals surface area contributed by atoms with Crippen LogP contribution in [0.2, 0.25) is 18.1 Å². The van der Waals surface area contributed by atoms with Gasteiger partial charge in [0.1, 0.15) is 5.75 Å². The maximum Gasteiger partial charge on any atom is 0.343 e. The third-order valence-electron chi connectivity index (χ3n) is 5.84. The van der Waals surface area contributed by atoms with Crippen LogP contribution < -0.4 is 4.74 Å². The SMILES string of the molecule is CCCCC[Si@H]1CC[C@H](c2ccc(OC(=O)c3cc(F)c(F)c(F)c3)cc2)CC1. The zero-order valence-electron chi connectivity index (χ0n) is 16.7. The normalized spacial score (nSPS) is 19.2. The molecule has 1 saturated heterocycles. The van der Waals surface area contributed by atoms with E-state index in [9.17, 15) is 18.0 Å². The number of unbranched alkanes of at least 4 members (excludes halogenated alkanes) is 2. The summed E-state index contributed by atoms with van der Waals surface area (Å²) < 4.78 is 44.8. The maximum absolute atomic E-state index is 13.3. The number of benzene rings is 2. The Morgan fingerprint density at radius 1 is 1.03 bits per heavy atom. The summed E-state index contributed by atoms with van der Waals surface area (Å²) in [7, 11) is -0.554. The van der Waals surface area contributed by atoms with Gasteiger partial charge in [-0.25, -0.2) is 18.0 Å². The number of hydrogen-bond acceptors (Lipinski definition) is 2. The van der Waals surface area contributed by atoms with Crippen LogP contribution in [0.4, 0.5) is 13.2 Å². The zero-order valence-corrected chi connectivity index (χ0v) is 17.9. The average molecular weight is 421 g/mol. The molecule has 156 valence electrons. The van der Waals surface area contributed by atoms with Crippen molar-refractivity contribution in [3.63, 3.8) is 0 Å². The van der Waals surface area contributed by atoms with Crippen molar-refractivity contribution >= 4 is 14.8 Å². The molecule has 0 N–H and O–H groups in total. The van der Waals surface area contributed by atoms with E-state index in [-0.39, 0.29) is 5.56 Å². The molecular formula is C23H27F3O2Si. The van der Waals surface area contributed by atoms with E-state index >= 15 is 0 Å². The van der Waals surface area contributed by atoms with Gasteiger partial charge in [-0.1, -0.05) is 56.5 Å². The molecule has 0 radical (unpaired) electrons. The largest absolute Gasteiger partial charge is 0.423 e. The van der Waals surface area contributed by atoms with Crippen molar-refractivity contribution in [2.45, 2.75) is 63.1 Å². The van der Waals surface area contributed by atoms with E-state index in [1.54, 1.807) is 12.1 Å². The molecule has 1 aliphatic heterocycles. The van der Waals surface area contributed by atoms with Crippen molar-refractivity contribution in [3.8, 4) is 5.75 Å². The molecule has 2 aromatic carbocycles. The van der Waals surface area contributed by atoms with Gasteiger partial charge < -0.3 is 4.74 Å². The fourth-order valence-electron chi connectivity index (χ4n) is 4.11. The monoisotopic (exact) mass is 420 g/mol. The van der Waals surface area contributed by atoms with Gasteiger partial charge in [-0.3, -0.25) is 0 Å². The van der Waals surface area contributed by atoms with Crippen LogP contribution in [0.25, 0.3) is 0 Å². The number of rotatable bonds is 7. The smallest absolute Gasteiger partial charge is 0.343 e. The summed E-state index contributed by atoms with van der Waals surface area (Å²) in [5.41, 5.74) is 0.876. The van der Waals surface area contributed by atoms with Gasteiger partial charge in [-0.2, -0.15) is 0 Å². The fourth-order valence-corrected chi connectivity index (χ4v) is 7.59. The molecule has 0 aliphatic carbocycles. The van der Waals surface area contributed by atoms with Gasteiger partial charge in [0.05, 0.1) is 5.56 Å². The number of esters is 1. The molecular weight excluding hydrogens is 393 g/mol. The Balaban J connectivity index is 1.55. The summed E-state index contributed by atoms with van der Waals surface area (Å²) in [4.78, 5) is 12.1. The molecule has 0 aromatic heterocycles. The molecule has 2 aromatic rings. The molecule has 1 heterocycles. The van der Waals surface area contributed by atoms with E-state index < -0.39 is 32.2 Å². The van der Waals surface area contributed by atoms with Crippen LogP contribution in [-0.2, 0) is 0 Å². The standard InChI is InChI=1S/C23H27F3O2Si/c1-2-3-4-11-29-12-9-17(10-13-29)16-5-7-19(8-6-16)28-23(27)18-14-20(24)22(26)21(25)15-18/h5-8,14-15,17,29H,2-4,9-13H2,1H3/t17-,29-. The molecule has 2 nitrogen and oxygen atoms in total. The van der Waals surface area contributed by atoms with Gasteiger partial charge in [-0.05, 0) is 48.6 Å². The van der Waals surface area contributed by atoms with Crippen LogP contribution in [0.1, 0.15) is 60.9 Å². The van der Waals surface area contributed by atoms with E-state index in [1.165, 1.54) is 55.8 Å². The van der Waals surface area contributed by atoms with Gasteiger partial charge in [0.25, 0.3) is 0 Å². The van der Waals surface area contributed by atoms with Crippen LogP contribution in [0.3, 0.4) is 0 Å². The number of ether oxygens (including phenoxy) is 1. The highest BCUT2D eigenvalue weighted by Crippen LogP contribution is 2.35. The zero-order chi connectivity index (χ0) is 20.8. The Labute approximate surface area is 171 Å². The minimum atomic E-state index is -1.60. The topological polar surface area (TPSA) is 26.3 Å². The van der Waals surface area contributed by atoms with Crippen molar-refractivity contribution in [1.82, 2.24) is 0 Å². The molecule has 1 aliphatic rings. The van der Waals surface area contributed by atoms with Crippen LogP contribution in [-0.4, -0.2) is 14.8 Å². The van der Waals surface area contributed by atoms with Crippen molar-refractivity contribution in [1.29, 1.82) is 0 Å². The number of hydrogen-bond donors (Lipinski definition) is 0. The Kier molecular flexibility index (Phi) is 7.53. The third kappa shape index (κ3) is 5.72. The maximum atomic E-state index is 13.3. The molecule has 0 amide bonds. The highest BCUT2D eigenvalue weighted by atomic mass is 28.3. The van der Waals surface area contributed by atoms with Crippen molar-refractivity contribution < 1.29 is 22.7 Å². The van der Waals surface area contributed by atoms with Gasteiger partial charge in [0.15, 0.2) is 17.5 Å². The Hall–Kier alpha value is -2.08. The van der Waals surface area contributed by atoms with Crippen molar-refractivity contribution in [2.75, 3.05) is 0 Å². The highest BCUT2D eigenvalue weighted by molar-refractivity contribution is 6.59. The van der Waals surface area contributed by atoms with Gasteiger partial charge in [-0.15, -0.1) is 0 Å². The van der Waals surface area contributed by atoms with Gasteiger partial charge in [0.2, 0.25) is 0 Å². The predicted octanol–water partition coefficient (Wildman–Crippen LogP) is 6.62. The van der Waals surface area contributed by atoms with E-state index in [4.69, 9.17) is 4.74 Å². The lowest BCUT2D eigenvalue weighted by atomic mass is 9.93. The first-order valence-electron chi connectivity index (χ1n) is 10.4. The first-order valence-corrected chi connectivity index (χ1v) is 12.9. The minimum absolute atomic E-state index is 0.298.